The van der Waals surface area contributed by atoms with Crippen molar-refractivity contribution >= 4 is 17.5 Å². The predicted molar refractivity (Wildman–Crippen MR) is 119 cm³/mol. The first kappa shape index (κ1) is 20.0. The molecule has 4 aromatic rings. The summed E-state index contributed by atoms with van der Waals surface area (Å²) in [6.07, 6.45) is 4.84. The van der Waals surface area contributed by atoms with E-state index in [2.05, 4.69) is 20.7 Å². The molecule has 0 unspecified atom stereocenters. The van der Waals surface area contributed by atoms with Gasteiger partial charge in [0.2, 0.25) is 5.91 Å². The molecule has 0 aliphatic rings. The molecule has 0 fully saturated rings. The molecule has 2 amide bonds. The first-order chi connectivity index (χ1) is 15.1. The summed E-state index contributed by atoms with van der Waals surface area (Å²) in [7, 11) is 0. The van der Waals surface area contributed by atoms with Crippen LogP contribution in [0.2, 0.25) is 0 Å². The Labute approximate surface area is 179 Å². The highest BCUT2D eigenvalue weighted by molar-refractivity contribution is 6.02. The summed E-state index contributed by atoms with van der Waals surface area (Å²) in [6, 6.07) is 20.8. The van der Waals surface area contributed by atoms with Gasteiger partial charge in [0.1, 0.15) is 5.69 Å². The Kier molecular flexibility index (Phi) is 5.84. The Bertz CT molecular complexity index is 1190. The van der Waals surface area contributed by atoms with Gasteiger partial charge in [0.05, 0.1) is 29.7 Å². The summed E-state index contributed by atoms with van der Waals surface area (Å²) < 4.78 is 1.67. The average molecular weight is 411 g/mol. The maximum atomic E-state index is 12.9. The third kappa shape index (κ3) is 4.84. The largest absolute Gasteiger partial charge is 0.343 e. The number of hydrogen-bond acceptors (Lipinski definition) is 4. The van der Waals surface area contributed by atoms with Gasteiger partial charge in [-0.3, -0.25) is 14.6 Å². The van der Waals surface area contributed by atoms with Crippen molar-refractivity contribution in [2.75, 3.05) is 11.9 Å². The molecule has 0 spiro atoms. The molecule has 31 heavy (non-hydrogen) atoms. The number of anilines is 1. The van der Waals surface area contributed by atoms with Crippen LogP contribution in [0.4, 0.5) is 5.69 Å². The molecule has 0 aliphatic carbocycles. The van der Waals surface area contributed by atoms with E-state index in [0.717, 1.165) is 16.8 Å². The van der Waals surface area contributed by atoms with Crippen LogP contribution in [0.15, 0.2) is 85.3 Å². The highest BCUT2D eigenvalue weighted by Gasteiger charge is 2.19. The van der Waals surface area contributed by atoms with Crippen LogP contribution >= 0.6 is 0 Å². The normalized spacial score (nSPS) is 10.5. The lowest BCUT2D eigenvalue weighted by Gasteiger charge is -2.07. The molecule has 2 aromatic carbocycles. The van der Waals surface area contributed by atoms with Crippen LogP contribution in [-0.2, 0) is 4.79 Å². The van der Waals surface area contributed by atoms with Crippen LogP contribution in [0.3, 0.4) is 0 Å². The number of nitrogens with zero attached hydrogens (tertiary/aromatic N) is 3. The van der Waals surface area contributed by atoms with E-state index in [1.165, 1.54) is 0 Å². The average Bonchev–Trinajstić information content (AvgIpc) is 3.25. The molecular weight excluding hydrogens is 390 g/mol. The fourth-order valence-electron chi connectivity index (χ4n) is 3.08. The van der Waals surface area contributed by atoms with Gasteiger partial charge < -0.3 is 10.6 Å². The third-order valence-corrected chi connectivity index (χ3v) is 4.66. The standard InChI is InChI=1S/C24H21N5O2/c1-17-9-11-20(12-10-17)29-16-21(23(28-29)18-6-3-2-4-7-18)24(31)26-15-22(30)27-19-8-5-13-25-14-19/h2-14,16H,15H2,1H3,(H,26,31)(H,27,30). The van der Waals surface area contributed by atoms with Gasteiger partial charge in [-0.2, -0.15) is 5.10 Å². The van der Waals surface area contributed by atoms with Gasteiger partial charge in [0, 0.05) is 18.0 Å². The lowest BCUT2D eigenvalue weighted by molar-refractivity contribution is -0.115. The number of aryl methyl sites for hydroxylation is 1. The minimum absolute atomic E-state index is 0.169. The minimum Gasteiger partial charge on any atom is -0.343 e. The van der Waals surface area contributed by atoms with Gasteiger partial charge in [-0.05, 0) is 31.2 Å². The fraction of sp³-hybridized carbons (Fsp3) is 0.0833. The SMILES string of the molecule is Cc1ccc(-n2cc(C(=O)NCC(=O)Nc3cccnc3)c(-c3ccccc3)n2)cc1. The first-order valence-corrected chi connectivity index (χ1v) is 9.80. The molecule has 2 N–H and O–H groups in total. The van der Waals surface area contributed by atoms with Crippen molar-refractivity contribution in [1.82, 2.24) is 20.1 Å². The van der Waals surface area contributed by atoms with Gasteiger partial charge in [-0.15, -0.1) is 0 Å². The Hall–Kier alpha value is -4.26. The number of rotatable bonds is 6. The zero-order chi connectivity index (χ0) is 21.6. The molecule has 0 radical (unpaired) electrons. The number of benzene rings is 2. The zero-order valence-corrected chi connectivity index (χ0v) is 16.9. The second kappa shape index (κ2) is 9.04. The second-order valence-corrected chi connectivity index (χ2v) is 7.01. The Morgan fingerprint density at radius 3 is 2.45 bits per heavy atom. The van der Waals surface area contributed by atoms with Crippen molar-refractivity contribution < 1.29 is 9.59 Å². The number of carbonyl (C=O) groups is 2. The maximum Gasteiger partial charge on any atom is 0.255 e. The van der Waals surface area contributed by atoms with E-state index in [0.29, 0.717) is 16.9 Å². The molecule has 7 nitrogen and oxygen atoms in total. The second-order valence-electron chi connectivity index (χ2n) is 7.01. The number of carbonyl (C=O) groups excluding carboxylic acids is 2. The van der Waals surface area contributed by atoms with Crippen molar-refractivity contribution in [3.63, 3.8) is 0 Å². The van der Waals surface area contributed by atoms with Gasteiger partial charge in [-0.1, -0.05) is 48.0 Å². The number of hydrogen-bond donors (Lipinski definition) is 2. The molecule has 4 rings (SSSR count). The molecule has 0 saturated heterocycles. The summed E-state index contributed by atoms with van der Waals surface area (Å²) in [6.45, 7) is 1.84. The number of pyridine rings is 1. The van der Waals surface area contributed by atoms with Crippen molar-refractivity contribution in [2.24, 2.45) is 0 Å². The van der Waals surface area contributed by atoms with E-state index in [1.807, 2.05) is 61.5 Å². The molecule has 0 atom stereocenters. The van der Waals surface area contributed by atoms with E-state index in [-0.39, 0.29) is 18.4 Å². The van der Waals surface area contributed by atoms with Gasteiger partial charge in [0.25, 0.3) is 5.91 Å². The number of nitrogens with one attached hydrogen (secondary N) is 2. The van der Waals surface area contributed by atoms with Crippen molar-refractivity contribution in [3.8, 4) is 16.9 Å². The van der Waals surface area contributed by atoms with Crippen LogP contribution in [0, 0.1) is 6.92 Å². The fourth-order valence-corrected chi connectivity index (χ4v) is 3.08. The predicted octanol–water partition coefficient (Wildman–Crippen LogP) is 3.61. The van der Waals surface area contributed by atoms with Crippen LogP contribution in [0.5, 0.6) is 0 Å². The molecule has 0 aliphatic heterocycles. The Morgan fingerprint density at radius 2 is 1.74 bits per heavy atom. The first-order valence-electron chi connectivity index (χ1n) is 9.80. The van der Waals surface area contributed by atoms with Crippen LogP contribution in [-0.4, -0.2) is 33.1 Å². The third-order valence-electron chi connectivity index (χ3n) is 4.66. The maximum absolute atomic E-state index is 12.9. The van der Waals surface area contributed by atoms with Crippen LogP contribution in [0.1, 0.15) is 15.9 Å². The summed E-state index contributed by atoms with van der Waals surface area (Å²) in [5.41, 5.74) is 4.30. The summed E-state index contributed by atoms with van der Waals surface area (Å²) >= 11 is 0. The number of amides is 2. The van der Waals surface area contributed by atoms with Gasteiger partial charge in [-0.25, -0.2) is 4.68 Å². The van der Waals surface area contributed by atoms with Crippen molar-refractivity contribution in [1.29, 1.82) is 0 Å². The summed E-state index contributed by atoms with van der Waals surface area (Å²) in [5.74, 6) is -0.716. The van der Waals surface area contributed by atoms with Gasteiger partial charge in [0.15, 0.2) is 0 Å². The Morgan fingerprint density at radius 1 is 0.968 bits per heavy atom. The van der Waals surface area contributed by atoms with E-state index in [4.69, 9.17) is 0 Å². The van der Waals surface area contributed by atoms with Crippen molar-refractivity contribution in [2.45, 2.75) is 6.92 Å². The van der Waals surface area contributed by atoms with Gasteiger partial charge >= 0.3 is 0 Å². The molecule has 7 heteroatoms. The molecular formula is C24H21N5O2. The number of aromatic nitrogens is 3. The molecule has 2 aromatic heterocycles. The Balaban J connectivity index is 1.56. The monoisotopic (exact) mass is 411 g/mol. The van der Waals surface area contributed by atoms with E-state index < -0.39 is 0 Å². The lowest BCUT2D eigenvalue weighted by atomic mass is 10.1. The van der Waals surface area contributed by atoms with E-state index >= 15 is 0 Å². The van der Waals surface area contributed by atoms with E-state index in [9.17, 15) is 9.59 Å². The quantitative estimate of drug-likeness (QED) is 0.507. The van der Waals surface area contributed by atoms with Crippen molar-refractivity contribution in [3.05, 3.63) is 96.4 Å². The summed E-state index contributed by atoms with van der Waals surface area (Å²) in [4.78, 5) is 29.1. The van der Waals surface area contributed by atoms with E-state index in [1.54, 1.807) is 35.4 Å². The highest BCUT2D eigenvalue weighted by Crippen LogP contribution is 2.23. The highest BCUT2D eigenvalue weighted by atomic mass is 16.2. The topological polar surface area (TPSA) is 88.9 Å². The molecule has 0 saturated carbocycles. The smallest absolute Gasteiger partial charge is 0.255 e. The van der Waals surface area contributed by atoms with Crippen LogP contribution < -0.4 is 10.6 Å². The lowest BCUT2D eigenvalue weighted by Crippen LogP contribution is -2.33. The minimum atomic E-state index is -0.376. The molecule has 2 heterocycles. The summed E-state index contributed by atoms with van der Waals surface area (Å²) in [5, 5.41) is 10.0. The molecule has 154 valence electrons. The zero-order valence-electron chi connectivity index (χ0n) is 16.9. The molecule has 0 bridgehead atoms. The van der Waals surface area contributed by atoms with Crippen LogP contribution in [0.25, 0.3) is 16.9 Å².